The molecule has 2 rings (SSSR count). The lowest BCUT2D eigenvalue weighted by Gasteiger charge is -2.53. The third-order valence-corrected chi connectivity index (χ3v) is 23.6. The van der Waals surface area contributed by atoms with E-state index in [0.29, 0.717) is 5.92 Å². The Labute approximate surface area is 277 Å². The summed E-state index contributed by atoms with van der Waals surface area (Å²) >= 11 is 4.19. The molecule has 7 atom stereocenters. The van der Waals surface area contributed by atoms with Gasteiger partial charge in [-0.1, -0.05) is 76.2 Å². The summed E-state index contributed by atoms with van der Waals surface area (Å²) in [4.78, 5) is 12.1. The molecule has 0 N–H and O–H groups in total. The number of ether oxygens (including phenoxy) is 2. The van der Waals surface area contributed by atoms with Crippen LogP contribution in [0.1, 0.15) is 103 Å². The second-order valence-corrected chi connectivity index (χ2v) is 29.9. The molecule has 0 radical (unpaired) electrons. The van der Waals surface area contributed by atoms with Crippen LogP contribution in [0.4, 0.5) is 0 Å². The van der Waals surface area contributed by atoms with Gasteiger partial charge < -0.3 is 23.1 Å². The lowest BCUT2D eigenvalue weighted by Crippen LogP contribution is -2.57. The van der Waals surface area contributed by atoms with E-state index in [1.165, 1.54) is 6.42 Å². The van der Waals surface area contributed by atoms with Gasteiger partial charge in [0.2, 0.25) is 0 Å². The van der Waals surface area contributed by atoms with Crippen molar-refractivity contribution in [3.8, 4) is 0 Å². The molecule has 2 aliphatic rings. The monoisotopic (exact) mass is 676 g/mol. The van der Waals surface area contributed by atoms with Crippen LogP contribution in [0.5, 0.6) is 0 Å². The van der Waals surface area contributed by atoms with Crippen LogP contribution in [0.3, 0.4) is 0 Å². The van der Waals surface area contributed by atoms with Gasteiger partial charge in [-0.3, -0.25) is 0 Å². The molecule has 0 aromatic rings. The van der Waals surface area contributed by atoms with Crippen LogP contribution in [0, 0.1) is 23.7 Å². The third-order valence-electron chi connectivity index (χ3n) is 10.9. The second kappa shape index (κ2) is 14.4. The molecule has 0 spiro atoms. The fourth-order valence-electron chi connectivity index (χ4n) is 5.95. The van der Waals surface area contributed by atoms with Crippen LogP contribution in [0.15, 0.2) is 0 Å². The Balaban J connectivity index is 2.61. The molecule has 0 unspecified atom stereocenters. The van der Waals surface area contributed by atoms with Gasteiger partial charge in [-0.2, -0.15) is 0 Å². The molecule has 0 amide bonds. The Morgan fingerprint density at radius 1 is 0.884 bits per heavy atom. The Morgan fingerprint density at radius 3 is 1.81 bits per heavy atom. The fourth-order valence-corrected chi connectivity index (χ4v) is 12.5. The molecule has 2 fully saturated rings. The average Bonchev–Trinajstić information content (AvgIpc) is 2.86. The number of aldehydes is 1. The van der Waals surface area contributed by atoms with Crippen LogP contribution in [-0.4, -0.2) is 68.7 Å². The molecule has 2 heterocycles. The Bertz CT molecular complexity index is 905. The molecule has 43 heavy (non-hydrogen) atoms. The van der Waals surface area contributed by atoms with Gasteiger partial charge in [-0.05, 0) is 80.4 Å². The van der Waals surface area contributed by atoms with Gasteiger partial charge in [0, 0.05) is 17.8 Å². The summed E-state index contributed by atoms with van der Waals surface area (Å²) in [7, 11) is -4.13. The number of thioether (sulfide) groups is 2. The van der Waals surface area contributed by atoms with Crippen molar-refractivity contribution in [2.24, 2.45) is 23.7 Å². The quantitative estimate of drug-likeness (QED) is 0.151. The number of carbonyl (C=O) groups is 1. The summed E-state index contributed by atoms with van der Waals surface area (Å²) in [5, 5.41) is 0.239. The maximum absolute atomic E-state index is 12.1. The van der Waals surface area contributed by atoms with E-state index in [1.807, 2.05) is 13.8 Å². The fraction of sp³-hybridized carbons (Fsp3) is 0.971. The third kappa shape index (κ3) is 9.60. The molecule has 2 aliphatic heterocycles. The van der Waals surface area contributed by atoms with E-state index in [-0.39, 0.29) is 50.2 Å². The van der Waals surface area contributed by atoms with E-state index in [2.05, 4.69) is 126 Å². The second-order valence-electron chi connectivity index (χ2n) is 17.3. The van der Waals surface area contributed by atoms with E-state index in [9.17, 15) is 4.79 Å². The van der Waals surface area contributed by atoms with Gasteiger partial charge in [0.1, 0.15) is 12.4 Å². The summed E-state index contributed by atoms with van der Waals surface area (Å²) in [5.74, 6) is 2.23. The minimum absolute atomic E-state index is 0.0250. The SMILES string of the molecule is CC(C)[C@@H](O[Si](C)(C)C(C)(C)C)[C@@H](C)[C@@H](CC1([C@@H](C)[C@@H]2OC(C)(C)O[C@@H](C=O)[C@H]2C)SCCCS1)O[Si](C)(C)C(C)(C)C. The summed E-state index contributed by atoms with van der Waals surface area (Å²) in [6.45, 7) is 39.0. The highest BCUT2D eigenvalue weighted by molar-refractivity contribution is 8.18. The smallest absolute Gasteiger partial charge is 0.192 e. The predicted octanol–water partition coefficient (Wildman–Crippen LogP) is 10.0. The van der Waals surface area contributed by atoms with Crippen LogP contribution in [0.2, 0.25) is 36.3 Å². The highest BCUT2D eigenvalue weighted by Crippen LogP contribution is 2.56. The first-order valence-corrected chi connectivity index (χ1v) is 24.5. The lowest BCUT2D eigenvalue weighted by atomic mass is 9.81. The Kier molecular flexibility index (Phi) is 13.3. The molecule has 2 saturated heterocycles. The summed E-state index contributed by atoms with van der Waals surface area (Å²) in [6, 6.07) is 0. The summed E-state index contributed by atoms with van der Waals surface area (Å²) < 4.78 is 27.4. The normalized spacial score (nSPS) is 28.3. The molecule has 254 valence electrons. The molecule has 0 aromatic heterocycles. The summed E-state index contributed by atoms with van der Waals surface area (Å²) in [5.41, 5.74) is 0. The Morgan fingerprint density at radius 2 is 1.37 bits per heavy atom. The summed E-state index contributed by atoms with van der Waals surface area (Å²) in [6.07, 6.45) is 2.71. The van der Waals surface area contributed by atoms with Crippen molar-refractivity contribution < 1.29 is 23.1 Å². The molecular weight excluding hydrogens is 609 g/mol. The van der Waals surface area contributed by atoms with Crippen LogP contribution in [0.25, 0.3) is 0 Å². The zero-order valence-electron chi connectivity index (χ0n) is 30.9. The predicted molar refractivity (Wildman–Crippen MR) is 193 cm³/mol. The number of carbonyl (C=O) groups excluding carboxylic acids is 1. The van der Waals surface area contributed by atoms with Crippen LogP contribution in [-0.2, 0) is 23.1 Å². The highest BCUT2D eigenvalue weighted by Gasteiger charge is 2.53. The minimum atomic E-state index is -2.11. The number of rotatable bonds is 12. The average molecular weight is 677 g/mol. The minimum Gasteiger partial charge on any atom is -0.413 e. The molecule has 5 nitrogen and oxygen atoms in total. The first kappa shape index (κ1) is 39.8. The zero-order chi connectivity index (χ0) is 33.4. The molecule has 9 heteroatoms. The van der Waals surface area contributed by atoms with Gasteiger partial charge >= 0.3 is 0 Å². The molecular formula is C34H68O5S2Si2. The van der Waals surface area contributed by atoms with Gasteiger partial charge in [-0.25, -0.2) is 0 Å². The van der Waals surface area contributed by atoms with Gasteiger partial charge in [0.05, 0.1) is 22.4 Å². The van der Waals surface area contributed by atoms with Crippen molar-refractivity contribution >= 4 is 46.4 Å². The maximum atomic E-state index is 12.1. The highest BCUT2D eigenvalue weighted by atomic mass is 32.2. The topological polar surface area (TPSA) is 54.0 Å². The van der Waals surface area contributed by atoms with E-state index in [1.54, 1.807) is 0 Å². The number of hydrogen-bond donors (Lipinski definition) is 0. The number of hydrogen-bond acceptors (Lipinski definition) is 7. The van der Waals surface area contributed by atoms with E-state index >= 15 is 0 Å². The van der Waals surface area contributed by atoms with Crippen molar-refractivity contribution in [1.82, 2.24) is 0 Å². The van der Waals surface area contributed by atoms with Crippen molar-refractivity contribution in [1.29, 1.82) is 0 Å². The van der Waals surface area contributed by atoms with Gasteiger partial charge in [0.15, 0.2) is 22.4 Å². The lowest BCUT2D eigenvalue weighted by molar-refractivity contribution is -0.317. The molecule has 0 saturated carbocycles. The van der Waals surface area contributed by atoms with E-state index in [0.717, 1.165) is 24.2 Å². The van der Waals surface area contributed by atoms with Crippen LogP contribution >= 0.6 is 23.5 Å². The Hall–Kier alpha value is 0.644. The first-order valence-electron chi connectivity index (χ1n) is 16.8. The largest absolute Gasteiger partial charge is 0.413 e. The van der Waals surface area contributed by atoms with E-state index < -0.39 is 28.5 Å². The maximum Gasteiger partial charge on any atom is 0.192 e. The van der Waals surface area contributed by atoms with Crippen LogP contribution < -0.4 is 0 Å². The standard InChI is InChI=1S/C34H68O5S2Si2/c1-23(2)29(39-43(16,17)32(9,10)11)24(3)27(38-42(14,15)31(6,7)8)21-34(40-19-18-20-41-34)26(5)30-25(4)28(22-35)36-33(12,13)37-30/h22-30H,18-21H2,1-17H3/t24-,25+,26-,27+,28-,29+,30+/m0/s1. The molecule has 0 bridgehead atoms. The zero-order valence-corrected chi connectivity index (χ0v) is 34.5. The van der Waals surface area contributed by atoms with Crippen molar-refractivity contribution in [3.05, 3.63) is 0 Å². The first-order chi connectivity index (χ1) is 19.3. The van der Waals surface area contributed by atoms with E-state index in [4.69, 9.17) is 18.3 Å². The van der Waals surface area contributed by atoms with Crippen molar-refractivity contribution in [3.63, 3.8) is 0 Å². The van der Waals surface area contributed by atoms with Gasteiger partial charge in [0.25, 0.3) is 0 Å². The van der Waals surface area contributed by atoms with Gasteiger partial charge in [-0.15, -0.1) is 23.5 Å². The van der Waals surface area contributed by atoms with Crippen molar-refractivity contribution in [2.75, 3.05) is 11.5 Å². The molecule has 0 aliphatic carbocycles. The van der Waals surface area contributed by atoms with Crippen molar-refractivity contribution in [2.45, 2.75) is 173 Å². The molecule has 0 aromatic carbocycles.